The summed E-state index contributed by atoms with van der Waals surface area (Å²) in [5.41, 5.74) is 1.14. The minimum atomic E-state index is -0.608. The second-order valence-corrected chi connectivity index (χ2v) is 6.61. The Morgan fingerprint density at radius 3 is 2.87 bits per heavy atom. The van der Waals surface area contributed by atoms with Gasteiger partial charge in [-0.3, -0.25) is 10.1 Å². The summed E-state index contributed by atoms with van der Waals surface area (Å²) in [6, 6.07) is 7.21. The first kappa shape index (κ1) is 15.8. The van der Waals surface area contributed by atoms with Gasteiger partial charge in [0.2, 0.25) is 0 Å². The third-order valence-corrected chi connectivity index (χ3v) is 4.87. The van der Waals surface area contributed by atoms with E-state index in [0.717, 1.165) is 18.5 Å². The first-order valence-electron chi connectivity index (χ1n) is 7.76. The van der Waals surface area contributed by atoms with E-state index in [1.54, 1.807) is 37.5 Å². The lowest BCUT2D eigenvalue weighted by molar-refractivity contribution is -0.122. The molecule has 1 aliphatic carbocycles. The Labute approximate surface area is 139 Å². The van der Waals surface area contributed by atoms with Crippen LogP contribution in [0.5, 0.6) is 11.5 Å². The molecule has 23 heavy (non-hydrogen) atoms. The van der Waals surface area contributed by atoms with Crippen molar-refractivity contribution in [2.75, 3.05) is 12.4 Å². The molecule has 3 rings (SSSR count). The van der Waals surface area contributed by atoms with E-state index in [2.05, 4.69) is 10.3 Å². The smallest absolute Gasteiger partial charge is 0.266 e. The van der Waals surface area contributed by atoms with Gasteiger partial charge in [0.15, 0.2) is 11.2 Å². The number of aryl methyl sites for hydroxylation is 2. The monoisotopic (exact) mass is 332 g/mol. The fourth-order valence-corrected chi connectivity index (χ4v) is 3.60. The largest absolute Gasteiger partial charge is 0.497 e. The minimum absolute atomic E-state index is 0.195. The molecule has 1 aromatic heterocycles. The summed E-state index contributed by atoms with van der Waals surface area (Å²) < 4.78 is 10.8. The third-order valence-electron chi connectivity index (χ3n) is 3.80. The van der Waals surface area contributed by atoms with Crippen molar-refractivity contribution in [3.63, 3.8) is 0 Å². The predicted octanol–water partition coefficient (Wildman–Crippen LogP) is 3.44. The highest BCUT2D eigenvalue weighted by Gasteiger charge is 2.20. The van der Waals surface area contributed by atoms with Crippen LogP contribution in [0.3, 0.4) is 0 Å². The molecule has 1 aromatic carbocycles. The SMILES string of the molecule is COc1cccc(OC(C)C(=O)Nc2nc3c(s2)CCCC3)c1. The number of rotatable bonds is 5. The Bertz CT molecular complexity index is 675. The van der Waals surface area contributed by atoms with Crippen LogP contribution in [0.15, 0.2) is 24.3 Å². The molecule has 1 amide bonds. The Morgan fingerprint density at radius 1 is 1.30 bits per heavy atom. The lowest BCUT2D eigenvalue weighted by Gasteiger charge is -2.14. The summed E-state index contributed by atoms with van der Waals surface area (Å²) in [5.74, 6) is 1.10. The molecular weight excluding hydrogens is 312 g/mol. The molecule has 0 bridgehead atoms. The van der Waals surface area contributed by atoms with Gasteiger partial charge in [-0.25, -0.2) is 4.98 Å². The maximum atomic E-state index is 12.3. The molecule has 6 heteroatoms. The summed E-state index contributed by atoms with van der Waals surface area (Å²) in [4.78, 5) is 18.1. The van der Waals surface area contributed by atoms with E-state index < -0.39 is 6.10 Å². The number of methoxy groups -OCH3 is 1. The van der Waals surface area contributed by atoms with Crippen LogP contribution in [0.1, 0.15) is 30.3 Å². The van der Waals surface area contributed by atoms with Gasteiger partial charge in [0.1, 0.15) is 11.5 Å². The number of thiazole rings is 1. The zero-order valence-electron chi connectivity index (χ0n) is 13.3. The van der Waals surface area contributed by atoms with E-state index in [1.165, 1.54) is 17.7 Å². The van der Waals surface area contributed by atoms with Crippen molar-refractivity contribution in [3.05, 3.63) is 34.8 Å². The lowest BCUT2D eigenvalue weighted by Crippen LogP contribution is -2.30. The maximum Gasteiger partial charge on any atom is 0.266 e. The molecule has 1 N–H and O–H groups in total. The number of hydrogen-bond donors (Lipinski definition) is 1. The number of nitrogens with zero attached hydrogens (tertiary/aromatic N) is 1. The molecule has 0 saturated heterocycles. The van der Waals surface area contributed by atoms with Crippen LogP contribution in [0.2, 0.25) is 0 Å². The number of ether oxygens (including phenoxy) is 2. The topological polar surface area (TPSA) is 60.5 Å². The van der Waals surface area contributed by atoms with Gasteiger partial charge in [-0.1, -0.05) is 6.07 Å². The van der Waals surface area contributed by atoms with E-state index >= 15 is 0 Å². The first-order valence-corrected chi connectivity index (χ1v) is 8.57. The molecule has 122 valence electrons. The molecule has 0 saturated carbocycles. The van der Waals surface area contributed by atoms with Crippen molar-refractivity contribution in [3.8, 4) is 11.5 Å². The number of nitrogens with one attached hydrogen (secondary N) is 1. The molecule has 1 atom stereocenters. The highest BCUT2D eigenvalue weighted by molar-refractivity contribution is 7.15. The molecule has 0 fully saturated rings. The average Bonchev–Trinajstić information content (AvgIpc) is 2.97. The fourth-order valence-electron chi connectivity index (χ4n) is 2.54. The highest BCUT2D eigenvalue weighted by Crippen LogP contribution is 2.29. The van der Waals surface area contributed by atoms with Crippen molar-refractivity contribution in [1.82, 2.24) is 4.98 Å². The zero-order valence-corrected chi connectivity index (χ0v) is 14.1. The van der Waals surface area contributed by atoms with Crippen molar-refractivity contribution in [2.45, 2.75) is 38.7 Å². The molecule has 1 unspecified atom stereocenters. The van der Waals surface area contributed by atoms with E-state index in [0.29, 0.717) is 16.6 Å². The number of benzene rings is 1. The van der Waals surface area contributed by atoms with Crippen molar-refractivity contribution >= 4 is 22.4 Å². The van der Waals surface area contributed by atoms with Crippen LogP contribution >= 0.6 is 11.3 Å². The van der Waals surface area contributed by atoms with Crippen LogP contribution in [0.4, 0.5) is 5.13 Å². The van der Waals surface area contributed by atoms with Gasteiger partial charge in [0.05, 0.1) is 12.8 Å². The normalized spacial score (nSPS) is 14.7. The van der Waals surface area contributed by atoms with E-state index in [-0.39, 0.29) is 5.91 Å². The number of carbonyl (C=O) groups excluding carboxylic acids is 1. The van der Waals surface area contributed by atoms with Crippen LogP contribution in [-0.4, -0.2) is 24.1 Å². The number of fused-ring (bicyclic) bond motifs is 1. The number of anilines is 1. The minimum Gasteiger partial charge on any atom is -0.497 e. The molecule has 1 heterocycles. The molecule has 0 aliphatic heterocycles. The number of amides is 1. The average molecular weight is 332 g/mol. The standard InChI is InChI=1S/C17H20N2O3S/c1-11(22-13-7-5-6-12(10-13)21-2)16(20)19-17-18-14-8-3-4-9-15(14)23-17/h5-7,10-11H,3-4,8-9H2,1-2H3,(H,18,19,20). The maximum absolute atomic E-state index is 12.3. The van der Waals surface area contributed by atoms with Crippen molar-refractivity contribution < 1.29 is 14.3 Å². The molecule has 2 aromatic rings. The Balaban J connectivity index is 1.62. The molecule has 0 radical (unpaired) electrons. The second kappa shape index (κ2) is 7.00. The predicted molar refractivity (Wildman–Crippen MR) is 90.5 cm³/mol. The van der Waals surface area contributed by atoms with Crippen LogP contribution < -0.4 is 14.8 Å². The zero-order chi connectivity index (χ0) is 16.2. The number of aromatic nitrogens is 1. The van der Waals surface area contributed by atoms with E-state index in [9.17, 15) is 4.79 Å². The highest BCUT2D eigenvalue weighted by atomic mass is 32.1. The van der Waals surface area contributed by atoms with E-state index in [1.807, 2.05) is 12.1 Å². The Hall–Kier alpha value is -2.08. The summed E-state index contributed by atoms with van der Waals surface area (Å²) in [6.07, 6.45) is 3.86. The summed E-state index contributed by atoms with van der Waals surface area (Å²) in [7, 11) is 1.60. The van der Waals surface area contributed by atoms with E-state index in [4.69, 9.17) is 9.47 Å². The fraction of sp³-hybridized carbons (Fsp3) is 0.412. The third kappa shape index (κ3) is 3.82. The van der Waals surface area contributed by atoms with Gasteiger partial charge >= 0.3 is 0 Å². The molecular formula is C17H20N2O3S. The van der Waals surface area contributed by atoms with Crippen molar-refractivity contribution in [1.29, 1.82) is 0 Å². The summed E-state index contributed by atoms with van der Waals surface area (Å²) in [6.45, 7) is 1.72. The lowest BCUT2D eigenvalue weighted by atomic mass is 10.0. The Kier molecular flexibility index (Phi) is 4.81. The van der Waals surface area contributed by atoms with Crippen LogP contribution in [-0.2, 0) is 17.6 Å². The van der Waals surface area contributed by atoms with Gasteiger partial charge in [0, 0.05) is 10.9 Å². The van der Waals surface area contributed by atoms with Gasteiger partial charge in [0.25, 0.3) is 5.91 Å². The second-order valence-electron chi connectivity index (χ2n) is 5.52. The first-order chi connectivity index (χ1) is 11.2. The van der Waals surface area contributed by atoms with Crippen LogP contribution in [0.25, 0.3) is 0 Å². The Morgan fingerprint density at radius 2 is 2.09 bits per heavy atom. The molecule has 1 aliphatic rings. The molecule has 5 nitrogen and oxygen atoms in total. The number of hydrogen-bond acceptors (Lipinski definition) is 5. The quantitative estimate of drug-likeness (QED) is 0.911. The van der Waals surface area contributed by atoms with Gasteiger partial charge < -0.3 is 9.47 Å². The van der Waals surface area contributed by atoms with Gasteiger partial charge in [-0.05, 0) is 44.7 Å². The van der Waals surface area contributed by atoms with Gasteiger partial charge in [-0.2, -0.15) is 0 Å². The summed E-state index contributed by atoms with van der Waals surface area (Å²) in [5, 5.41) is 3.53. The van der Waals surface area contributed by atoms with Crippen molar-refractivity contribution in [2.24, 2.45) is 0 Å². The van der Waals surface area contributed by atoms with Gasteiger partial charge in [-0.15, -0.1) is 11.3 Å². The van der Waals surface area contributed by atoms with Crippen LogP contribution in [0, 0.1) is 0 Å². The summed E-state index contributed by atoms with van der Waals surface area (Å²) >= 11 is 1.57. The molecule has 0 spiro atoms. The number of carbonyl (C=O) groups is 1.